The summed E-state index contributed by atoms with van der Waals surface area (Å²) in [6.45, 7) is 0. The van der Waals surface area contributed by atoms with Crippen molar-refractivity contribution in [1.29, 1.82) is 5.26 Å². The molecule has 0 aromatic heterocycles. The van der Waals surface area contributed by atoms with Gasteiger partial charge in [0.05, 0.1) is 16.6 Å². The lowest BCUT2D eigenvalue weighted by molar-refractivity contribution is -0.384. The van der Waals surface area contributed by atoms with Crippen LogP contribution in [0.5, 0.6) is 5.75 Å². The lowest BCUT2D eigenvalue weighted by atomic mass is 10.0. The number of aromatic hydroxyl groups is 1. The number of nitro groups is 1. The lowest BCUT2D eigenvalue weighted by Crippen LogP contribution is -1.89. The number of nitro benzene ring substituents is 1. The SMILES string of the molecule is N#CC(=Cc1ccc(O)cc1)c1cccc([N+](=O)[O-])c1. The van der Waals surface area contributed by atoms with Crippen molar-refractivity contribution in [3.8, 4) is 11.8 Å². The Balaban J connectivity index is 2.42. The summed E-state index contributed by atoms with van der Waals surface area (Å²) in [6, 6.07) is 14.3. The molecule has 0 fully saturated rings. The molecule has 2 aromatic rings. The molecule has 0 amide bonds. The normalized spacial score (nSPS) is 10.8. The monoisotopic (exact) mass is 266 g/mol. The fourth-order valence-corrected chi connectivity index (χ4v) is 1.70. The van der Waals surface area contributed by atoms with E-state index in [9.17, 15) is 20.5 Å². The van der Waals surface area contributed by atoms with Crippen LogP contribution in [-0.2, 0) is 0 Å². The summed E-state index contributed by atoms with van der Waals surface area (Å²) in [6.07, 6.45) is 1.61. The molecule has 0 saturated carbocycles. The van der Waals surface area contributed by atoms with Crippen molar-refractivity contribution in [3.05, 3.63) is 69.8 Å². The minimum atomic E-state index is -0.501. The van der Waals surface area contributed by atoms with Gasteiger partial charge in [0.1, 0.15) is 5.75 Å². The Hall–Kier alpha value is -3.13. The van der Waals surface area contributed by atoms with Gasteiger partial charge < -0.3 is 5.11 Å². The van der Waals surface area contributed by atoms with E-state index in [2.05, 4.69) is 0 Å². The average Bonchev–Trinajstić information content (AvgIpc) is 2.46. The van der Waals surface area contributed by atoms with Crippen molar-refractivity contribution >= 4 is 17.3 Å². The first-order chi connectivity index (χ1) is 9.60. The number of nitrogens with zero attached hydrogens (tertiary/aromatic N) is 2. The quantitative estimate of drug-likeness (QED) is 0.399. The molecule has 20 heavy (non-hydrogen) atoms. The third-order valence-corrected chi connectivity index (χ3v) is 2.69. The van der Waals surface area contributed by atoms with Crippen molar-refractivity contribution in [2.24, 2.45) is 0 Å². The second kappa shape index (κ2) is 5.67. The maximum Gasteiger partial charge on any atom is 0.270 e. The van der Waals surface area contributed by atoms with E-state index in [0.29, 0.717) is 11.1 Å². The zero-order valence-corrected chi connectivity index (χ0v) is 10.4. The van der Waals surface area contributed by atoms with Gasteiger partial charge in [-0.3, -0.25) is 10.1 Å². The predicted octanol–water partition coefficient (Wildman–Crippen LogP) is 3.36. The summed E-state index contributed by atoms with van der Waals surface area (Å²) >= 11 is 0. The third-order valence-electron chi connectivity index (χ3n) is 2.69. The fraction of sp³-hybridized carbons (Fsp3) is 0. The van der Waals surface area contributed by atoms with E-state index in [-0.39, 0.29) is 11.4 Å². The van der Waals surface area contributed by atoms with Crippen LogP contribution in [0.15, 0.2) is 48.5 Å². The van der Waals surface area contributed by atoms with E-state index in [4.69, 9.17) is 0 Å². The van der Waals surface area contributed by atoms with Gasteiger partial charge in [-0.15, -0.1) is 0 Å². The molecule has 0 heterocycles. The van der Waals surface area contributed by atoms with Crippen LogP contribution in [0, 0.1) is 21.4 Å². The average molecular weight is 266 g/mol. The second-order valence-corrected chi connectivity index (χ2v) is 4.07. The summed E-state index contributed by atoms with van der Waals surface area (Å²) in [4.78, 5) is 10.2. The van der Waals surface area contributed by atoms with Crippen LogP contribution in [0.3, 0.4) is 0 Å². The van der Waals surface area contributed by atoms with Gasteiger partial charge in [-0.25, -0.2) is 0 Å². The fourth-order valence-electron chi connectivity index (χ4n) is 1.70. The van der Waals surface area contributed by atoms with Gasteiger partial charge in [0.25, 0.3) is 5.69 Å². The van der Waals surface area contributed by atoms with E-state index in [1.54, 1.807) is 24.3 Å². The Kier molecular flexibility index (Phi) is 3.77. The number of phenols is 1. The topological polar surface area (TPSA) is 87.2 Å². The number of nitriles is 1. The van der Waals surface area contributed by atoms with Gasteiger partial charge in [-0.2, -0.15) is 5.26 Å². The van der Waals surface area contributed by atoms with E-state index in [0.717, 1.165) is 5.56 Å². The molecule has 0 aliphatic heterocycles. The molecular weight excluding hydrogens is 256 g/mol. The number of non-ortho nitro benzene ring substituents is 1. The summed E-state index contributed by atoms with van der Waals surface area (Å²) in [7, 11) is 0. The summed E-state index contributed by atoms with van der Waals surface area (Å²) in [5.74, 6) is 0.135. The first-order valence-electron chi connectivity index (χ1n) is 5.76. The highest BCUT2D eigenvalue weighted by molar-refractivity contribution is 5.90. The van der Waals surface area contributed by atoms with Crippen LogP contribution in [0.2, 0.25) is 0 Å². The summed E-state index contributed by atoms with van der Waals surface area (Å²) < 4.78 is 0. The molecule has 0 atom stereocenters. The highest BCUT2D eigenvalue weighted by atomic mass is 16.6. The van der Waals surface area contributed by atoms with Crippen molar-refractivity contribution in [1.82, 2.24) is 0 Å². The minimum absolute atomic E-state index is 0.0608. The predicted molar refractivity (Wildman–Crippen MR) is 74.7 cm³/mol. The summed E-state index contributed by atoms with van der Waals surface area (Å²) in [5, 5.41) is 29.1. The van der Waals surface area contributed by atoms with E-state index in [1.807, 2.05) is 6.07 Å². The molecule has 2 aromatic carbocycles. The summed E-state index contributed by atoms with van der Waals surface area (Å²) in [5.41, 5.74) is 1.47. The van der Waals surface area contributed by atoms with Gasteiger partial charge in [0.2, 0.25) is 0 Å². The van der Waals surface area contributed by atoms with Crippen LogP contribution in [0.1, 0.15) is 11.1 Å². The molecule has 5 nitrogen and oxygen atoms in total. The molecule has 0 spiro atoms. The molecule has 0 aliphatic carbocycles. The van der Waals surface area contributed by atoms with E-state index in [1.165, 1.54) is 30.3 Å². The number of phenolic OH excluding ortho intramolecular Hbond substituents is 1. The standard InChI is InChI=1S/C15H10N2O3/c16-10-13(8-11-4-6-15(18)7-5-11)12-2-1-3-14(9-12)17(19)20/h1-9,18H. The first kappa shape index (κ1) is 13.3. The number of hydrogen-bond acceptors (Lipinski definition) is 4. The molecule has 0 unspecified atom stereocenters. The third kappa shape index (κ3) is 3.00. The minimum Gasteiger partial charge on any atom is -0.508 e. The van der Waals surface area contributed by atoms with Gasteiger partial charge in [-0.05, 0) is 29.3 Å². The molecular formula is C15H10N2O3. The van der Waals surface area contributed by atoms with Crippen molar-refractivity contribution in [3.63, 3.8) is 0 Å². The zero-order valence-electron chi connectivity index (χ0n) is 10.4. The smallest absolute Gasteiger partial charge is 0.270 e. The molecule has 1 N–H and O–H groups in total. The molecule has 0 aliphatic rings. The first-order valence-corrected chi connectivity index (χ1v) is 5.76. The number of hydrogen-bond donors (Lipinski definition) is 1. The maximum atomic E-state index is 10.7. The number of benzene rings is 2. The Morgan fingerprint density at radius 1 is 1.25 bits per heavy atom. The van der Waals surface area contributed by atoms with Gasteiger partial charge in [0.15, 0.2) is 0 Å². The van der Waals surface area contributed by atoms with E-state index >= 15 is 0 Å². The van der Waals surface area contributed by atoms with Crippen LogP contribution < -0.4 is 0 Å². The molecule has 0 radical (unpaired) electrons. The Morgan fingerprint density at radius 2 is 1.95 bits per heavy atom. The highest BCUT2D eigenvalue weighted by Crippen LogP contribution is 2.22. The number of rotatable bonds is 3. The highest BCUT2D eigenvalue weighted by Gasteiger charge is 2.08. The van der Waals surface area contributed by atoms with Crippen LogP contribution in [0.4, 0.5) is 5.69 Å². The Bertz CT molecular complexity index is 713. The van der Waals surface area contributed by atoms with Crippen molar-refractivity contribution < 1.29 is 10.0 Å². The molecule has 98 valence electrons. The molecule has 0 saturated heterocycles. The van der Waals surface area contributed by atoms with Gasteiger partial charge in [0, 0.05) is 12.1 Å². The maximum absolute atomic E-state index is 10.7. The zero-order chi connectivity index (χ0) is 14.5. The molecule has 5 heteroatoms. The Labute approximate surface area is 115 Å². The van der Waals surface area contributed by atoms with Gasteiger partial charge >= 0.3 is 0 Å². The largest absolute Gasteiger partial charge is 0.508 e. The lowest BCUT2D eigenvalue weighted by Gasteiger charge is -2.00. The van der Waals surface area contributed by atoms with Crippen LogP contribution >= 0.6 is 0 Å². The van der Waals surface area contributed by atoms with Crippen LogP contribution in [-0.4, -0.2) is 10.0 Å². The van der Waals surface area contributed by atoms with Gasteiger partial charge in [-0.1, -0.05) is 24.3 Å². The number of allylic oxidation sites excluding steroid dienone is 1. The van der Waals surface area contributed by atoms with E-state index < -0.39 is 4.92 Å². The molecule has 2 rings (SSSR count). The second-order valence-electron chi connectivity index (χ2n) is 4.07. The van der Waals surface area contributed by atoms with Crippen molar-refractivity contribution in [2.45, 2.75) is 0 Å². The van der Waals surface area contributed by atoms with Crippen LogP contribution in [0.25, 0.3) is 11.6 Å². The van der Waals surface area contributed by atoms with Crippen molar-refractivity contribution in [2.75, 3.05) is 0 Å². The molecule has 0 bridgehead atoms. The Morgan fingerprint density at radius 3 is 2.55 bits per heavy atom.